The number of hydrogen-bond acceptors (Lipinski definition) is 5. The van der Waals surface area contributed by atoms with Crippen LogP contribution >= 0.6 is 35.3 Å². The third-order valence-electron chi connectivity index (χ3n) is 5.05. The summed E-state index contributed by atoms with van der Waals surface area (Å²) >= 11 is 1.24. The average molecular weight is 545 g/mol. The Kier molecular flexibility index (Phi) is 11.3. The minimum Gasteiger partial charge on any atom is -0.385 e. The smallest absolute Gasteiger partial charge is 0.252 e. The van der Waals surface area contributed by atoms with Gasteiger partial charge in [0.1, 0.15) is 4.21 Å². The van der Waals surface area contributed by atoms with E-state index in [0.717, 1.165) is 32.1 Å². The van der Waals surface area contributed by atoms with E-state index in [1.807, 2.05) is 6.92 Å². The normalized spacial score (nSPS) is 16.4. The number of nitrogens with zero attached hydrogens (tertiary/aromatic N) is 2. The van der Waals surface area contributed by atoms with E-state index in [1.165, 1.54) is 34.9 Å². The number of ether oxygens (including phenoxy) is 1. The van der Waals surface area contributed by atoms with Crippen LogP contribution in [0.5, 0.6) is 0 Å². The molecular weight excluding hydrogens is 511 g/mol. The predicted molar refractivity (Wildman–Crippen MR) is 126 cm³/mol. The Morgan fingerprint density at radius 3 is 2.68 bits per heavy atom. The molecule has 1 fully saturated rings. The number of thiophene rings is 1. The van der Waals surface area contributed by atoms with E-state index >= 15 is 0 Å². The summed E-state index contributed by atoms with van der Waals surface area (Å²) in [7, 11) is -0.0647. The molecule has 1 aromatic rings. The van der Waals surface area contributed by atoms with Gasteiger partial charge in [-0.2, -0.15) is 4.31 Å². The summed E-state index contributed by atoms with van der Waals surface area (Å²) in [6.07, 6.45) is 4.69. The largest absolute Gasteiger partial charge is 0.385 e. The quantitative estimate of drug-likeness (QED) is 0.255. The predicted octanol–water partition coefficient (Wildman–Crippen LogP) is 2.75. The highest BCUT2D eigenvalue weighted by atomic mass is 127. The second kappa shape index (κ2) is 12.3. The first-order valence-corrected chi connectivity index (χ1v) is 11.8. The van der Waals surface area contributed by atoms with Crippen molar-refractivity contribution < 1.29 is 13.2 Å². The zero-order chi connectivity index (χ0) is 19.8. The topological polar surface area (TPSA) is 83.0 Å². The summed E-state index contributed by atoms with van der Waals surface area (Å²) in [4.78, 5) is 4.74. The van der Waals surface area contributed by atoms with E-state index in [2.05, 4.69) is 10.6 Å². The standard InChI is InChI=1S/C18H32N4O3S2.HI/c1-4-19-17(21-15-18(8-6-9-18)10-13-25-3)20-11-12-22(2)27(23,24)16-7-5-14-26-16;/h5,7,14H,4,6,8-13,15H2,1-3H3,(H2,19,20,21);1H. The molecule has 0 radical (unpaired) electrons. The Morgan fingerprint density at radius 2 is 2.14 bits per heavy atom. The average Bonchev–Trinajstić information content (AvgIpc) is 3.15. The Balaban J connectivity index is 0.00000392. The number of halogens is 1. The van der Waals surface area contributed by atoms with Crippen LogP contribution in [0.25, 0.3) is 0 Å². The molecule has 7 nitrogen and oxygen atoms in total. The molecule has 0 amide bonds. The molecule has 1 saturated carbocycles. The molecule has 0 unspecified atom stereocenters. The third kappa shape index (κ3) is 7.12. The van der Waals surface area contributed by atoms with Gasteiger partial charge >= 0.3 is 0 Å². The van der Waals surface area contributed by atoms with Crippen LogP contribution in [0.3, 0.4) is 0 Å². The fourth-order valence-corrected chi connectivity index (χ4v) is 5.46. The van der Waals surface area contributed by atoms with Gasteiger partial charge in [0.15, 0.2) is 5.96 Å². The van der Waals surface area contributed by atoms with Crippen molar-refractivity contribution in [1.29, 1.82) is 0 Å². The number of likely N-dealkylation sites (N-methyl/N-ethyl adjacent to an activating group) is 1. The maximum Gasteiger partial charge on any atom is 0.252 e. The summed E-state index contributed by atoms with van der Waals surface area (Å²) in [5.74, 6) is 0.739. The maximum atomic E-state index is 12.4. The molecule has 1 aromatic heterocycles. The van der Waals surface area contributed by atoms with Crippen molar-refractivity contribution in [3.8, 4) is 0 Å². The van der Waals surface area contributed by atoms with Gasteiger partial charge in [-0.1, -0.05) is 12.5 Å². The first-order chi connectivity index (χ1) is 12.9. The minimum absolute atomic E-state index is 0. The van der Waals surface area contributed by atoms with Crippen molar-refractivity contribution in [2.45, 2.75) is 36.8 Å². The van der Waals surface area contributed by atoms with Gasteiger partial charge in [-0.3, -0.25) is 4.99 Å². The first kappa shape index (κ1) is 25.6. The molecule has 0 atom stereocenters. The minimum atomic E-state index is -3.41. The van der Waals surface area contributed by atoms with E-state index in [0.29, 0.717) is 17.3 Å². The molecule has 1 heterocycles. The third-order valence-corrected chi connectivity index (χ3v) is 8.28. The molecule has 0 aliphatic heterocycles. The molecular formula is C18H33IN4O3S2. The van der Waals surface area contributed by atoms with Crippen molar-refractivity contribution in [3.05, 3.63) is 17.5 Å². The number of guanidine groups is 1. The maximum absolute atomic E-state index is 12.4. The van der Waals surface area contributed by atoms with Crippen LogP contribution in [0.15, 0.2) is 26.7 Å². The molecule has 2 rings (SSSR count). The van der Waals surface area contributed by atoms with Gasteiger partial charge in [0.2, 0.25) is 0 Å². The second-order valence-electron chi connectivity index (χ2n) is 6.98. The molecule has 10 heteroatoms. The summed E-state index contributed by atoms with van der Waals surface area (Å²) in [5, 5.41) is 8.26. The zero-order valence-corrected chi connectivity index (χ0v) is 20.9. The summed E-state index contributed by atoms with van der Waals surface area (Å²) < 4.78 is 31.9. The highest BCUT2D eigenvalue weighted by molar-refractivity contribution is 14.0. The number of nitrogens with one attached hydrogen (secondary N) is 2. The van der Waals surface area contributed by atoms with Gasteiger partial charge in [-0.25, -0.2) is 8.42 Å². The Bertz CT molecular complexity index is 692. The van der Waals surface area contributed by atoms with Crippen LogP contribution in [0.2, 0.25) is 0 Å². The molecule has 0 bridgehead atoms. The Labute approximate surface area is 190 Å². The van der Waals surface area contributed by atoms with Crippen LogP contribution in [-0.2, 0) is 14.8 Å². The summed E-state index contributed by atoms with van der Waals surface area (Å²) in [6.45, 7) is 5.20. The second-order valence-corrected chi connectivity index (χ2v) is 10.2. The lowest BCUT2D eigenvalue weighted by Crippen LogP contribution is -2.43. The Hall–Kier alpha value is -0.430. The number of rotatable bonds is 11. The van der Waals surface area contributed by atoms with E-state index in [9.17, 15) is 8.42 Å². The van der Waals surface area contributed by atoms with Crippen molar-refractivity contribution >= 4 is 51.3 Å². The number of aliphatic imine (C=N–C) groups is 1. The van der Waals surface area contributed by atoms with Gasteiger partial charge in [0.05, 0.1) is 0 Å². The van der Waals surface area contributed by atoms with Crippen molar-refractivity contribution in [2.75, 3.05) is 46.9 Å². The van der Waals surface area contributed by atoms with Gasteiger partial charge in [-0.05, 0) is 43.0 Å². The van der Waals surface area contributed by atoms with Crippen LogP contribution in [0.1, 0.15) is 32.6 Å². The monoisotopic (exact) mass is 544 g/mol. The van der Waals surface area contributed by atoms with Gasteiger partial charge in [0.25, 0.3) is 10.0 Å². The number of methoxy groups -OCH3 is 1. The number of sulfonamides is 1. The zero-order valence-electron chi connectivity index (χ0n) is 16.9. The molecule has 0 saturated heterocycles. The lowest BCUT2D eigenvalue weighted by Gasteiger charge is -2.40. The fourth-order valence-electron chi connectivity index (χ4n) is 3.09. The van der Waals surface area contributed by atoms with Crippen LogP contribution in [0, 0.1) is 5.41 Å². The van der Waals surface area contributed by atoms with Crippen molar-refractivity contribution in [2.24, 2.45) is 10.4 Å². The summed E-state index contributed by atoms with van der Waals surface area (Å²) in [5.41, 5.74) is 0.262. The molecule has 0 aromatic carbocycles. The summed E-state index contributed by atoms with van der Waals surface area (Å²) in [6, 6.07) is 3.38. The van der Waals surface area contributed by atoms with E-state index in [-0.39, 0.29) is 29.4 Å². The molecule has 0 spiro atoms. The molecule has 28 heavy (non-hydrogen) atoms. The molecule has 1 aliphatic rings. The number of hydrogen-bond donors (Lipinski definition) is 2. The lowest BCUT2D eigenvalue weighted by atomic mass is 9.67. The lowest BCUT2D eigenvalue weighted by molar-refractivity contribution is 0.0778. The SMILES string of the molecule is CCNC(=NCC1(CCOC)CCC1)NCCN(C)S(=O)(=O)c1cccs1.I. The first-order valence-electron chi connectivity index (χ1n) is 9.44. The van der Waals surface area contributed by atoms with Gasteiger partial charge in [0, 0.05) is 46.9 Å². The van der Waals surface area contributed by atoms with Gasteiger partial charge < -0.3 is 15.4 Å². The molecule has 162 valence electrons. The van der Waals surface area contributed by atoms with Crippen LogP contribution < -0.4 is 10.6 Å². The van der Waals surface area contributed by atoms with E-state index < -0.39 is 10.0 Å². The van der Waals surface area contributed by atoms with Gasteiger partial charge in [-0.15, -0.1) is 35.3 Å². The van der Waals surface area contributed by atoms with Crippen molar-refractivity contribution in [1.82, 2.24) is 14.9 Å². The van der Waals surface area contributed by atoms with Crippen LogP contribution in [0.4, 0.5) is 0 Å². The fraction of sp³-hybridized carbons (Fsp3) is 0.722. The van der Waals surface area contributed by atoms with E-state index in [4.69, 9.17) is 9.73 Å². The highest BCUT2D eigenvalue weighted by Gasteiger charge is 2.36. The highest BCUT2D eigenvalue weighted by Crippen LogP contribution is 2.44. The molecule has 1 aliphatic carbocycles. The van der Waals surface area contributed by atoms with Crippen molar-refractivity contribution in [3.63, 3.8) is 0 Å². The Morgan fingerprint density at radius 1 is 1.39 bits per heavy atom. The van der Waals surface area contributed by atoms with Crippen LogP contribution in [-0.4, -0.2) is 65.6 Å². The van der Waals surface area contributed by atoms with E-state index in [1.54, 1.807) is 31.7 Å². The molecule has 2 N–H and O–H groups in total.